The average molecular weight is 472 g/mol. The Morgan fingerprint density at radius 1 is 0.939 bits per heavy atom. The average Bonchev–Trinajstić information content (AvgIpc) is 2.84. The van der Waals surface area contributed by atoms with E-state index in [2.05, 4.69) is 4.98 Å². The highest BCUT2D eigenvalue weighted by Crippen LogP contribution is 2.31. The van der Waals surface area contributed by atoms with Gasteiger partial charge >= 0.3 is 0 Å². The number of aromatic nitrogens is 1. The van der Waals surface area contributed by atoms with Crippen LogP contribution in [0.1, 0.15) is 33.7 Å². The van der Waals surface area contributed by atoms with Gasteiger partial charge in [0, 0.05) is 31.1 Å². The monoisotopic (exact) mass is 471 g/mol. The van der Waals surface area contributed by atoms with Crippen molar-refractivity contribution < 1.29 is 28.2 Å². The summed E-state index contributed by atoms with van der Waals surface area (Å²) < 4.78 is 29.3. The lowest BCUT2D eigenvalue weighted by molar-refractivity contribution is 0.0915. The minimum absolute atomic E-state index is 0.00608. The fraction of sp³-hybridized carbons (Fsp3) is 0.240. The third-order valence-electron chi connectivity index (χ3n) is 4.87. The number of rotatable bonds is 11. The van der Waals surface area contributed by atoms with E-state index in [1.54, 1.807) is 37.4 Å². The molecule has 3 aromatic rings. The highest BCUT2D eigenvalue weighted by Gasteiger charge is 2.16. The Hall–Kier alpha value is -3.29. The molecule has 8 heteroatoms. The molecule has 0 aliphatic heterocycles. The van der Waals surface area contributed by atoms with Crippen molar-refractivity contribution >= 4 is 23.2 Å². The molecule has 0 saturated carbocycles. The van der Waals surface area contributed by atoms with Crippen LogP contribution >= 0.6 is 11.6 Å². The minimum atomic E-state index is -0.556. The van der Waals surface area contributed by atoms with Crippen LogP contribution in [0.15, 0.2) is 54.6 Å². The first-order valence-electron chi connectivity index (χ1n) is 10.2. The molecule has 0 saturated heterocycles. The van der Waals surface area contributed by atoms with Crippen molar-refractivity contribution in [2.45, 2.75) is 12.8 Å². The van der Waals surface area contributed by atoms with Gasteiger partial charge in [-0.15, -0.1) is 0 Å². The van der Waals surface area contributed by atoms with Crippen LogP contribution in [0.2, 0.25) is 5.02 Å². The minimum Gasteiger partial charge on any atom is -0.494 e. The number of hydrogen-bond donors (Lipinski definition) is 0. The van der Waals surface area contributed by atoms with Crippen LogP contribution < -0.4 is 9.47 Å². The Labute approximate surface area is 196 Å². The molecule has 0 unspecified atom stereocenters. The van der Waals surface area contributed by atoms with E-state index in [9.17, 15) is 14.0 Å². The van der Waals surface area contributed by atoms with Crippen molar-refractivity contribution in [2.75, 3.05) is 27.4 Å². The lowest BCUT2D eigenvalue weighted by atomic mass is 10.0. The highest BCUT2D eigenvalue weighted by molar-refractivity contribution is 6.31. The zero-order chi connectivity index (χ0) is 23.8. The predicted octanol–water partition coefficient (Wildman–Crippen LogP) is 5.42. The van der Waals surface area contributed by atoms with E-state index in [1.807, 2.05) is 0 Å². The number of ketones is 2. The standard InChI is InChI=1S/C25H23ClFNO5/c1-31-13-14-33-18-6-3-16(4-7-18)22(29)10-11-23(30)21-9-12-24(32-2)25(28-21)17-5-8-20(27)19(26)15-17/h3-9,12,15H,10-11,13-14H2,1-2H3. The van der Waals surface area contributed by atoms with Gasteiger partial charge in [-0.25, -0.2) is 9.37 Å². The van der Waals surface area contributed by atoms with Gasteiger partial charge in [-0.3, -0.25) is 9.59 Å². The van der Waals surface area contributed by atoms with Crippen molar-refractivity contribution in [1.29, 1.82) is 0 Å². The van der Waals surface area contributed by atoms with E-state index in [0.717, 1.165) is 0 Å². The maximum Gasteiger partial charge on any atom is 0.181 e. The van der Waals surface area contributed by atoms with Crippen molar-refractivity contribution in [3.63, 3.8) is 0 Å². The zero-order valence-corrected chi connectivity index (χ0v) is 19.0. The van der Waals surface area contributed by atoms with E-state index in [-0.39, 0.29) is 35.1 Å². The molecule has 1 heterocycles. The van der Waals surface area contributed by atoms with E-state index < -0.39 is 5.82 Å². The summed E-state index contributed by atoms with van der Waals surface area (Å²) in [6.07, 6.45) is 0.0298. The zero-order valence-electron chi connectivity index (χ0n) is 18.3. The number of ether oxygens (including phenoxy) is 3. The normalized spacial score (nSPS) is 10.7. The second kappa shape index (κ2) is 11.5. The third kappa shape index (κ3) is 6.37. The van der Waals surface area contributed by atoms with Crippen LogP contribution in [-0.2, 0) is 4.74 Å². The Balaban J connectivity index is 1.67. The molecular weight excluding hydrogens is 449 g/mol. The fourth-order valence-corrected chi connectivity index (χ4v) is 3.28. The Morgan fingerprint density at radius 2 is 1.67 bits per heavy atom. The number of benzene rings is 2. The summed E-state index contributed by atoms with van der Waals surface area (Å²) in [5.74, 6) is 0.0409. The number of Topliss-reactive ketones (excluding diaryl/α,β-unsaturated/α-hetero) is 2. The van der Waals surface area contributed by atoms with Crippen molar-refractivity contribution in [3.05, 3.63) is 76.7 Å². The van der Waals surface area contributed by atoms with E-state index in [4.69, 9.17) is 25.8 Å². The van der Waals surface area contributed by atoms with E-state index in [1.165, 1.54) is 31.4 Å². The molecular formula is C25H23ClFNO5. The number of pyridine rings is 1. The number of carbonyl (C=O) groups is 2. The first-order chi connectivity index (χ1) is 15.9. The number of hydrogen-bond acceptors (Lipinski definition) is 6. The molecule has 0 spiro atoms. The Kier molecular flexibility index (Phi) is 8.52. The molecule has 0 fully saturated rings. The first-order valence-corrected chi connectivity index (χ1v) is 10.6. The lowest BCUT2D eigenvalue weighted by Crippen LogP contribution is -2.08. The molecule has 0 amide bonds. The van der Waals surface area contributed by atoms with Crippen LogP contribution in [-0.4, -0.2) is 44.0 Å². The molecule has 3 rings (SSSR count). The number of carbonyl (C=O) groups excluding carboxylic acids is 2. The van der Waals surface area contributed by atoms with Gasteiger partial charge in [-0.05, 0) is 54.6 Å². The molecule has 0 atom stereocenters. The molecule has 33 heavy (non-hydrogen) atoms. The predicted molar refractivity (Wildman–Crippen MR) is 123 cm³/mol. The SMILES string of the molecule is COCCOc1ccc(C(=O)CCC(=O)c2ccc(OC)c(-c3ccc(F)c(Cl)c3)n2)cc1. The summed E-state index contributed by atoms with van der Waals surface area (Å²) in [5.41, 5.74) is 1.55. The van der Waals surface area contributed by atoms with Crippen LogP contribution in [0.5, 0.6) is 11.5 Å². The smallest absolute Gasteiger partial charge is 0.181 e. The quantitative estimate of drug-likeness (QED) is 0.274. The maximum absolute atomic E-state index is 13.5. The Morgan fingerprint density at radius 3 is 2.33 bits per heavy atom. The van der Waals surface area contributed by atoms with Crippen molar-refractivity contribution in [1.82, 2.24) is 4.98 Å². The summed E-state index contributed by atoms with van der Waals surface area (Å²) in [7, 11) is 3.06. The summed E-state index contributed by atoms with van der Waals surface area (Å²) in [5, 5.41) is -0.0613. The number of nitrogens with zero attached hydrogens (tertiary/aromatic N) is 1. The fourth-order valence-electron chi connectivity index (χ4n) is 3.10. The van der Waals surface area contributed by atoms with E-state index in [0.29, 0.717) is 41.5 Å². The van der Waals surface area contributed by atoms with Gasteiger partial charge in [0.05, 0.1) is 18.7 Å². The van der Waals surface area contributed by atoms with Gasteiger partial charge in [0.1, 0.15) is 35.3 Å². The van der Waals surface area contributed by atoms with Crippen LogP contribution in [0.3, 0.4) is 0 Å². The summed E-state index contributed by atoms with van der Waals surface area (Å²) >= 11 is 5.88. The molecule has 0 N–H and O–H groups in total. The molecule has 0 bridgehead atoms. The van der Waals surface area contributed by atoms with Crippen molar-refractivity contribution in [2.24, 2.45) is 0 Å². The highest BCUT2D eigenvalue weighted by atomic mass is 35.5. The van der Waals surface area contributed by atoms with Gasteiger partial charge < -0.3 is 14.2 Å². The second-order valence-corrected chi connectivity index (χ2v) is 7.50. The van der Waals surface area contributed by atoms with Crippen molar-refractivity contribution in [3.8, 4) is 22.8 Å². The van der Waals surface area contributed by atoms with Gasteiger partial charge in [-0.2, -0.15) is 0 Å². The molecule has 0 aliphatic carbocycles. The molecule has 1 aromatic heterocycles. The Bertz CT molecular complexity index is 1130. The summed E-state index contributed by atoms with van der Waals surface area (Å²) in [6, 6.07) is 14.0. The van der Waals surface area contributed by atoms with Gasteiger partial charge in [0.25, 0.3) is 0 Å². The number of methoxy groups -OCH3 is 2. The molecule has 0 aliphatic rings. The second-order valence-electron chi connectivity index (χ2n) is 7.09. The summed E-state index contributed by atoms with van der Waals surface area (Å²) in [4.78, 5) is 29.6. The third-order valence-corrected chi connectivity index (χ3v) is 5.16. The van der Waals surface area contributed by atoms with Gasteiger partial charge in [0.2, 0.25) is 0 Å². The largest absolute Gasteiger partial charge is 0.494 e. The van der Waals surface area contributed by atoms with E-state index >= 15 is 0 Å². The van der Waals surface area contributed by atoms with Crippen LogP contribution in [0.25, 0.3) is 11.3 Å². The van der Waals surface area contributed by atoms with Crippen LogP contribution in [0.4, 0.5) is 4.39 Å². The number of halogens is 2. The molecule has 6 nitrogen and oxygen atoms in total. The van der Waals surface area contributed by atoms with Gasteiger partial charge in [0.15, 0.2) is 11.6 Å². The molecule has 172 valence electrons. The topological polar surface area (TPSA) is 74.7 Å². The van der Waals surface area contributed by atoms with Crippen LogP contribution in [0, 0.1) is 5.82 Å². The molecule has 0 radical (unpaired) electrons. The van der Waals surface area contributed by atoms with Gasteiger partial charge in [-0.1, -0.05) is 11.6 Å². The first kappa shape index (κ1) is 24.4. The summed E-state index contributed by atoms with van der Waals surface area (Å²) in [6.45, 7) is 0.886. The maximum atomic E-state index is 13.5. The molecule has 2 aromatic carbocycles. The lowest BCUT2D eigenvalue weighted by Gasteiger charge is -2.10.